The molecule has 2 aromatic heterocycles. The van der Waals surface area contributed by atoms with E-state index in [4.69, 9.17) is 0 Å². The maximum Gasteiger partial charge on any atom is 0.417 e. The van der Waals surface area contributed by atoms with Gasteiger partial charge in [0.1, 0.15) is 5.82 Å². The normalized spacial score (nSPS) is 16.3. The summed E-state index contributed by atoms with van der Waals surface area (Å²) in [6.07, 6.45) is -3.90. The van der Waals surface area contributed by atoms with E-state index in [-0.39, 0.29) is 35.8 Å². The molecule has 208 valence electrons. The summed E-state index contributed by atoms with van der Waals surface area (Å²) in [6.45, 7) is 4.23. The zero-order valence-electron chi connectivity index (χ0n) is 21.6. The third-order valence-corrected chi connectivity index (χ3v) is 7.03. The van der Waals surface area contributed by atoms with E-state index in [1.165, 1.54) is 13.0 Å². The monoisotopic (exact) mass is 552 g/mol. The van der Waals surface area contributed by atoms with Crippen LogP contribution in [0.3, 0.4) is 0 Å². The molecule has 2 amide bonds. The van der Waals surface area contributed by atoms with Gasteiger partial charge in [-0.25, -0.2) is 14.3 Å². The minimum absolute atomic E-state index is 0.00936. The predicted octanol–water partition coefficient (Wildman–Crippen LogP) is 3.20. The van der Waals surface area contributed by atoms with Crippen LogP contribution in [0.15, 0.2) is 71.7 Å². The summed E-state index contributed by atoms with van der Waals surface area (Å²) in [6, 6.07) is 16.4. The number of rotatable bonds is 6. The Bertz CT molecular complexity index is 1580. The van der Waals surface area contributed by atoms with Gasteiger partial charge in [0, 0.05) is 57.4 Å². The number of hydrogen-bond acceptors (Lipinski definition) is 5. The first-order valence-corrected chi connectivity index (χ1v) is 12.7. The number of aromatic amines is 1. The molecule has 12 heteroatoms. The molecule has 0 aliphatic carbocycles. The Hall–Kier alpha value is -4.45. The van der Waals surface area contributed by atoms with Gasteiger partial charge in [0.15, 0.2) is 0 Å². The fourth-order valence-electron chi connectivity index (χ4n) is 4.87. The highest BCUT2D eigenvalue weighted by Gasteiger charge is 2.31. The third kappa shape index (κ3) is 5.76. The van der Waals surface area contributed by atoms with Gasteiger partial charge in [-0.3, -0.25) is 14.5 Å². The Kier molecular flexibility index (Phi) is 7.44. The van der Waals surface area contributed by atoms with Crippen molar-refractivity contribution in [1.29, 1.82) is 0 Å². The maximum absolute atomic E-state index is 13.2. The van der Waals surface area contributed by atoms with E-state index < -0.39 is 17.4 Å². The summed E-state index contributed by atoms with van der Waals surface area (Å²) in [4.78, 5) is 48.3. The zero-order valence-corrected chi connectivity index (χ0v) is 21.6. The number of piperazine rings is 1. The van der Waals surface area contributed by atoms with E-state index in [0.29, 0.717) is 43.4 Å². The van der Waals surface area contributed by atoms with Crippen LogP contribution in [-0.4, -0.2) is 68.4 Å². The number of fused-ring (bicyclic) bond motifs is 1. The summed E-state index contributed by atoms with van der Waals surface area (Å²) < 4.78 is 40.0. The number of hydrogen-bond donors (Lipinski definition) is 2. The molecule has 0 saturated carbocycles. The predicted molar refractivity (Wildman–Crippen MR) is 142 cm³/mol. The average Bonchev–Trinajstić information content (AvgIpc) is 3.27. The zero-order chi connectivity index (χ0) is 28.4. The van der Waals surface area contributed by atoms with Gasteiger partial charge in [-0.05, 0) is 35.9 Å². The Morgan fingerprint density at radius 1 is 1.07 bits per heavy atom. The number of carbonyl (C=O) groups is 2. The second-order valence-electron chi connectivity index (χ2n) is 9.69. The minimum atomic E-state index is -4.56. The lowest BCUT2D eigenvalue weighted by Crippen LogP contribution is -2.57. The van der Waals surface area contributed by atoms with Crippen molar-refractivity contribution in [3.8, 4) is 5.82 Å². The SMILES string of the molecule is CC(=O)N1CCN(Cc2ccccc2)C(CNC(=O)c2ccc3[nH]c(=O)n(-c4ccc(C(F)(F)F)cn4)c3c2)C1. The van der Waals surface area contributed by atoms with E-state index in [2.05, 4.69) is 20.2 Å². The van der Waals surface area contributed by atoms with Gasteiger partial charge in [-0.2, -0.15) is 13.2 Å². The first kappa shape index (κ1) is 27.1. The number of imidazole rings is 1. The molecule has 1 aliphatic heterocycles. The number of nitrogens with one attached hydrogen (secondary N) is 2. The van der Waals surface area contributed by atoms with Crippen molar-refractivity contribution in [2.45, 2.75) is 25.7 Å². The molecule has 1 fully saturated rings. The highest BCUT2D eigenvalue weighted by atomic mass is 19.4. The van der Waals surface area contributed by atoms with Gasteiger partial charge in [-0.15, -0.1) is 0 Å². The third-order valence-electron chi connectivity index (χ3n) is 7.03. The summed E-state index contributed by atoms with van der Waals surface area (Å²) in [5.41, 5.74) is 0.570. The quantitative estimate of drug-likeness (QED) is 0.383. The highest BCUT2D eigenvalue weighted by Crippen LogP contribution is 2.29. The molecule has 2 aromatic carbocycles. The maximum atomic E-state index is 13.2. The molecule has 1 atom stereocenters. The van der Waals surface area contributed by atoms with Crippen LogP contribution in [0.1, 0.15) is 28.4 Å². The van der Waals surface area contributed by atoms with E-state index in [0.717, 1.165) is 22.3 Å². The largest absolute Gasteiger partial charge is 0.417 e. The molecule has 4 aromatic rings. The molecule has 2 N–H and O–H groups in total. The Morgan fingerprint density at radius 3 is 2.52 bits per heavy atom. The molecule has 40 heavy (non-hydrogen) atoms. The number of alkyl halides is 3. The van der Waals surface area contributed by atoms with Gasteiger partial charge in [0.25, 0.3) is 5.91 Å². The molecule has 9 nitrogen and oxygen atoms in total. The summed E-state index contributed by atoms with van der Waals surface area (Å²) in [5.74, 6) is -0.421. The lowest BCUT2D eigenvalue weighted by molar-refractivity contribution is -0.137. The van der Waals surface area contributed by atoms with E-state index in [1.807, 2.05) is 30.3 Å². The van der Waals surface area contributed by atoms with Crippen LogP contribution < -0.4 is 11.0 Å². The molecule has 1 unspecified atom stereocenters. The van der Waals surface area contributed by atoms with Crippen LogP contribution in [0.5, 0.6) is 0 Å². The minimum Gasteiger partial charge on any atom is -0.350 e. The Morgan fingerprint density at radius 2 is 1.85 bits per heavy atom. The number of nitrogens with zero attached hydrogens (tertiary/aromatic N) is 4. The van der Waals surface area contributed by atoms with Crippen molar-refractivity contribution in [2.24, 2.45) is 0 Å². The van der Waals surface area contributed by atoms with Crippen LogP contribution >= 0.6 is 0 Å². The molecular formula is C28H27F3N6O3. The van der Waals surface area contributed by atoms with Crippen LogP contribution in [-0.2, 0) is 17.5 Å². The number of amides is 2. The van der Waals surface area contributed by atoms with Crippen LogP contribution in [0.4, 0.5) is 13.2 Å². The summed E-state index contributed by atoms with van der Waals surface area (Å²) in [7, 11) is 0. The van der Waals surface area contributed by atoms with Crippen molar-refractivity contribution >= 4 is 22.8 Å². The Balaban J connectivity index is 1.35. The molecule has 0 spiro atoms. The molecule has 0 radical (unpaired) electrons. The van der Waals surface area contributed by atoms with Crippen molar-refractivity contribution in [3.63, 3.8) is 0 Å². The van der Waals surface area contributed by atoms with Gasteiger partial charge in [0.05, 0.1) is 16.6 Å². The molecule has 3 heterocycles. The van der Waals surface area contributed by atoms with Crippen LogP contribution in [0.25, 0.3) is 16.9 Å². The first-order valence-electron chi connectivity index (χ1n) is 12.7. The summed E-state index contributed by atoms with van der Waals surface area (Å²) in [5, 5.41) is 2.94. The number of pyridine rings is 1. The highest BCUT2D eigenvalue weighted by molar-refractivity contribution is 5.97. The van der Waals surface area contributed by atoms with E-state index in [1.54, 1.807) is 17.0 Å². The first-order chi connectivity index (χ1) is 19.1. The number of H-pyrrole nitrogens is 1. The molecular weight excluding hydrogens is 525 g/mol. The van der Waals surface area contributed by atoms with Crippen LogP contribution in [0, 0.1) is 0 Å². The van der Waals surface area contributed by atoms with Gasteiger partial charge in [0.2, 0.25) is 5.91 Å². The fraction of sp³-hybridized carbons (Fsp3) is 0.286. The van der Waals surface area contributed by atoms with E-state index in [9.17, 15) is 27.6 Å². The summed E-state index contributed by atoms with van der Waals surface area (Å²) >= 11 is 0. The second-order valence-corrected chi connectivity index (χ2v) is 9.69. The lowest BCUT2D eigenvalue weighted by atomic mass is 10.1. The second kappa shape index (κ2) is 11.0. The van der Waals surface area contributed by atoms with Gasteiger partial charge < -0.3 is 15.2 Å². The number of halogens is 3. The van der Waals surface area contributed by atoms with Gasteiger partial charge >= 0.3 is 11.9 Å². The molecule has 5 rings (SSSR count). The topological polar surface area (TPSA) is 103 Å². The number of benzene rings is 2. The molecule has 1 saturated heterocycles. The molecule has 1 aliphatic rings. The standard InChI is InChI=1S/C28H27F3N6O3/c1-18(38)35-11-12-36(16-19-5-3-2-4-6-19)22(17-35)15-33-26(39)20-7-9-23-24(13-20)37(27(40)34-23)25-10-8-21(14-32-25)28(29,30)31/h2-10,13-14,22H,11-12,15-17H2,1H3,(H,33,39)(H,34,40). The molecule has 0 bridgehead atoms. The number of carbonyl (C=O) groups excluding carboxylic acids is 2. The van der Waals surface area contributed by atoms with Gasteiger partial charge in [-0.1, -0.05) is 30.3 Å². The lowest BCUT2D eigenvalue weighted by Gasteiger charge is -2.41. The Labute approximate surface area is 227 Å². The van der Waals surface area contributed by atoms with Crippen molar-refractivity contribution in [2.75, 3.05) is 26.2 Å². The van der Waals surface area contributed by atoms with Crippen molar-refractivity contribution in [3.05, 3.63) is 94.0 Å². The van der Waals surface area contributed by atoms with Crippen LogP contribution in [0.2, 0.25) is 0 Å². The fourth-order valence-corrected chi connectivity index (χ4v) is 4.87. The van der Waals surface area contributed by atoms with E-state index >= 15 is 0 Å². The van der Waals surface area contributed by atoms with Crippen molar-refractivity contribution < 1.29 is 22.8 Å². The van der Waals surface area contributed by atoms with Crippen molar-refractivity contribution in [1.82, 2.24) is 29.7 Å². The number of aromatic nitrogens is 3. The smallest absolute Gasteiger partial charge is 0.350 e. The average molecular weight is 553 g/mol.